The van der Waals surface area contributed by atoms with Crippen LogP contribution < -0.4 is 10.6 Å². The van der Waals surface area contributed by atoms with Gasteiger partial charge in [-0.15, -0.1) is 24.0 Å². The summed E-state index contributed by atoms with van der Waals surface area (Å²) in [6, 6.07) is 1.88. The highest BCUT2D eigenvalue weighted by Crippen LogP contribution is 2.33. The van der Waals surface area contributed by atoms with Gasteiger partial charge < -0.3 is 24.9 Å². The molecular weight excluding hydrogens is 477 g/mol. The number of hydrogen-bond acceptors (Lipinski definition) is 5. The largest absolute Gasteiger partial charge is 0.466 e. The zero-order valence-corrected chi connectivity index (χ0v) is 20.2. The number of guanidine groups is 1. The topological polar surface area (TPSA) is 79.0 Å². The molecular formula is C19H34IN3O3S. The molecule has 0 spiro atoms. The number of hydrogen-bond donors (Lipinski definition) is 3. The average molecular weight is 511 g/mol. The van der Waals surface area contributed by atoms with Crippen molar-refractivity contribution in [3.8, 4) is 0 Å². The molecule has 156 valence electrons. The molecule has 1 aromatic heterocycles. The first-order valence-electron chi connectivity index (χ1n) is 9.27. The zero-order valence-electron chi connectivity index (χ0n) is 17.1. The molecule has 6 nitrogen and oxygen atoms in total. The number of halogens is 1. The third-order valence-corrected chi connectivity index (χ3v) is 6.34. The predicted octanol–water partition coefficient (Wildman–Crippen LogP) is 3.19. The molecule has 1 saturated heterocycles. The lowest BCUT2D eigenvalue weighted by molar-refractivity contribution is 0.0656. The van der Waals surface area contributed by atoms with E-state index in [2.05, 4.69) is 21.9 Å². The van der Waals surface area contributed by atoms with Crippen molar-refractivity contribution in [1.29, 1.82) is 0 Å². The Bertz CT molecular complexity index is 613. The first-order chi connectivity index (χ1) is 12.3. The number of nitrogens with zero attached hydrogens (tertiary/aromatic N) is 1. The fourth-order valence-corrected chi connectivity index (χ4v) is 4.06. The number of aliphatic imine (C=N–C) groups is 1. The van der Waals surface area contributed by atoms with E-state index in [0.717, 1.165) is 62.2 Å². The van der Waals surface area contributed by atoms with E-state index in [9.17, 15) is 5.11 Å². The highest BCUT2D eigenvalue weighted by atomic mass is 127. The molecule has 1 fully saturated rings. The van der Waals surface area contributed by atoms with E-state index in [-0.39, 0.29) is 35.3 Å². The van der Waals surface area contributed by atoms with Crippen LogP contribution in [0.25, 0.3) is 0 Å². The van der Waals surface area contributed by atoms with Crippen LogP contribution in [0.15, 0.2) is 15.5 Å². The summed E-state index contributed by atoms with van der Waals surface area (Å²) in [4.78, 5) is 4.62. The summed E-state index contributed by atoms with van der Waals surface area (Å²) in [5.41, 5.74) is -0.278. The molecule has 27 heavy (non-hydrogen) atoms. The summed E-state index contributed by atoms with van der Waals surface area (Å²) < 4.78 is 11.2. The molecule has 0 bridgehead atoms. The SMILES string of the molecule is CCNC(=NCC(C)(O)c1cc(C)oc1C)NCC1(SC)CCOCC1.I. The molecule has 8 heteroatoms. The van der Waals surface area contributed by atoms with Gasteiger partial charge in [0.15, 0.2) is 5.96 Å². The van der Waals surface area contributed by atoms with E-state index in [1.807, 2.05) is 38.6 Å². The summed E-state index contributed by atoms with van der Waals surface area (Å²) >= 11 is 1.89. The molecule has 2 heterocycles. The zero-order chi connectivity index (χ0) is 19.2. The second-order valence-electron chi connectivity index (χ2n) is 7.15. The van der Waals surface area contributed by atoms with Crippen molar-refractivity contribution >= 4 is 41.7 Å². The van der Waals surface area contributed by atoms with E-state index in [1.165, 1.54) is 0 Å². The highest BCUT2D eigenvalue weighted by molar-refractivity contribution is 14.0. The predicted molar refractivity (Wildman–Crippen MR) is 123 cm³/mol. The standard InChI is InChI=1S/C19H33N3O3S.HI/c1-6-20-17(22-13-19(26-5)7-9-24-10-8-19)21-12-18(4,23)16-11-14(2)25-15(16)3;/h11,23H,6-10,12-13H2,1-5H3,(H2,20,21,22);1H. The minimum absolute atomic E-state index is 0. The van der Waals surface area contributed by atoms with Crippen molar-refractivity contribution in [3.05, 3.63) is 23.2 Å². The van der Waals surface area contributed by atoms with E-state index in [4.69, 9.17) is 9.15 Å². The Hall–Kier alpha value is -0.450. The van der Waals surface area contributed by atoms with Gasteiger partial charge in [0, 0.05) is 36.6 Å². The highest BCUT2D eigenvalue weighted by Gasteiger charge is 2.32. The van der Waals surface area contributed by atoms with Crippen molar-refractivity contribution in [3.63, 3.8) is 0 Å². The van der Waals surface area contributed by atoms with Gasteiger partial charge in [0.05, 0.1) is 6.54 Å². The molecule has 0 amide bonds. The molecule has 0 saturated carbocycles. The van der Waals surface area contributed by atoms with Crippen LogP contribution in [-0.4, -0.2) is 54.9 Å². The minimum atomic E-state index is -1.07. The summed E-state index contributed by atoms with van der Waals surface area (Å²) in [5, 5.41) is 17.6. The number of rotatable bonds is 7. The number of furan rings is 1. The van der Waals surface area contributed by atoms with Crippen molar-refractivity contribution in [1.82, 2.24) is 10.6 Å². The number of aryl methyl sites for hydroxylation is 2. The van der Waals surface area contributed by atoms with Crippen LogP contribution in [-0.2, 0) is 10.3 Å². The van der Waals surface area contributed by atoms with Crippen LogP contribution in [0.5, 0.6) is 0 Å². The normalized spacial score (nSPS) is 19.1. The van der Waals surface area contributed by atoms with E-state index in [0.29, 0.717) is 0 Å². The van der Waals surface area contributed by atoms with Gasteiger partial charge in [-0.25, -0.2) is 4.99 Å². The van der Waals surface area contributed by atoms with Crippen molar-refractivity contribution < 1.29 is 14.3 Å². The molecule has 1 atom stereocenters. The number of nitrogens with one attached hydrogen (secondary N) is 2. The summed E-state index contributed by atoms with van der Waals surface area (Å²) in [6.07, 6.45) is 4.23. The molecule has 0 radical (unpaired) electrons. The third kappa shape index (κ3) is 6.83. The van der Waals surface area contributed by atoms with Gasteiger partial charge in [-0.1, -0.05) is 0 Å². The lowest BCUT2D eigenvalue weighted by Gasteiger charge is -2.36. The van der Waals surface area contributed by atoms with Crippen LogP contribution in [0.4, 0.5) is 0 Å². The van der Waals surface area contributed by atoms with E-state index >= 15 is 0 Å². The van der Waals surface area contributed by atoms with E-state index < -0.39 is 5.60 Å². The Labute approximate surface area is 184 Å². The average Bonchev–Trinajstić information content (AvgIpc) is 2.97. The Morgan fingerprint density at radius 1 is 1.33 bits per heavy atom. The van der Waals surface area contributed by atoms with Crippen LogP contribution >= 0.6 is 35.7 Å². The van der Waals surface area contributed by atoms with Gasteiger partial charge in [0.25, 0.3) is 0 Å². The molecule has 1 unspecified atom stereocenters. The van der Waals surface area contributed by atoms with Crippen LogP contribution in [0.2, 0.25) is 0 Å². The molecule has 1 aliphatic rings. The lowest BCUT2D eigenvalue weighted by Crippen LogP contribution is -2.48. The van der Waals surface area contributed by atoms with Crippen molar-refractivity contribution in [2.75, 3.05) is 39.1 Å². The van der Waals surface area contributed by atoms with Crippen molar-refractivity contribution in [2.24, 2.45) is 4.99 Å². The minimum Gasteiger partial charge on any atom is -0.466 e. The Morgan fingerprint density at radius 3 is 2.52 bits per heavy atom. The first kappa shape index (κ1) is 24.6. The smallest absolute Gasteiger partial charge is 0.191 e. The fourth-order valence-electron chi connectivity index (χ4n) is 3.27. The van der Waals surface area contributed by atoms with Gasteiger partial charge in [0.1, 0.15) is 17.1 Å². The van der Waals surface area contributed by atoms with Gasteiger partial charge in [0.2, 0.25) is 0 Å². The first-order valence-corrected chi connectivity index (χ1v) is 10.5. The van der Waals surface area contributed by atoms with Crippen LogP contribution in [0.1, 0.15) is 43.8 Å². The van der Waals surface area contributed by atoms with E-state index in [1.54, 1.807) is 6.92 Å². The second-order valence-corrected chi connectivity index (χ2v) is 8.42. The molecule has 3 N–H and O–H groups in total. The Morgan fingerprint density at radius 2 is 2.00 bits per heavy atom. The lowest BCUT2D eigenvalue weighted by atomic mass is 9.96. The second kappa shape index (κ2) is 10.9. The summed E-state index contributed by atoms with van der Waals surface area (Å²) in [6.45, 7) is 11.1. The quantitative estimate of drug-likeness (QED) is 0.297. The summed E-state index contributed by atoms with van der Waals surface area (Å²) in [5.74, 6) is 2.27. The number of aliphatic hydroxyl groups is 1. The molecule has 1 aromatic rings. The Kier molecular flexibility index (Phi) is 9.95. The third-order valence-electron chi connectivity index (χ3n) is 4.93. The maximum atomic E-state index is 10.9. The number of thioether (sulfide) groups is 1. The van der Waals surface area contributed by atoms with Crippen LogP contribution in [0, 0.1) is 13.8 Å². The fraction of sp³-hybridized carbons (Fsp3) is 0.737. The van der Waals surface area contributed by atoms with Gasteiger partial charge in [-0.3, -0.25) is 0 Å². The van der Waals surface area contributed by atoms with Gasteiger partial charge in [-0.2, -0.15) is 11.8 Å². The maximum Gasteiger partial charge on any atom is 0.191 e. The molecule has 0 aliphatic carbocycles. The summed E-state index contributed by atoms with van der Waals surface area (Å²) in [7, 11) is 0. The monoisotopic (exact) mass is 511 g/mol. The Balaban J connectivity index is 0.00000364. The van der Waals surface area contributed by atoms with Crippen molar-refractivity contribution in [2.45, 2.75) is 50.9 Å². The molecule has 1 aliphatic heterocycles. The molecule has 2 rings (SSSR count). The van der Waals surface area contributed by atoms with Crippen LogP contribution in [0.3, 0.4) is 0 Å². The molecule has 0 aromatic carbocycles. The number of ether oxygens (including phenoxy) is 1. The van der Waals surface area contributed by atoms with Gasteiger partial charge >= 0.3 is 0 Å². The maximum absolute atomic E-state index is 10.9. The van der Waals surface area contributed by atoms with Gasteiger partial charge in [-0.05, 0) is 52.9 Å².